The number of hydrogen-bond donors (Lipinski definition) is 2. The molecular formula is C14H19Cl2N3O. The summed E-state index contributed by atoms with van der Waals surface area (Å²) in [5, 5.41) is 5.70. The van der Waals surface area contributed by atoms with Crippen molar-refractivity contribution in [2.75, 3.05) is 0 Å². The molecule has 0 spiro atoms. The number of halogens is 2. The average molecular weight is 316 g/mol. The Morgan fingerprint density at radius 3 is 2.40 bits per heavy atom. The van der Waals surface area contributed by atoms with E-state index >= 15 is 0 Å². The van der Waals surface area contributed by atoms with Crippen LogP contribution in [0, 0.1) is 0 Å². The van der Waals surface area contributed by atoms with Crippen LogP contribution in [0.4, 0.5) is 4.79 Å². The lowest BCUT2D eigenvalue weighted by molar-refractivity contribution is 0.103. The van der Waals surface area contributed by atoms with Gasteiger partial charge in [-0.3, -0.25) is 5.01 Å². The Bertz CT molecular complexity index is 542. The molecule has 110 valence electrons. The molecule has 1 aliphatic rings. The topological polar surface area (TPSA) is 44.4 Å². The van der Waals surface area contributed by atoms with Gasteiger partial charge in [0, 0.05) is 15.6 Å². The number of carbonyl (C=O) groups is 1. The van der Waals surface area contributed by atoms with Crippen LogP contribution in [0.15, 0.2) is 18.2 Å². The molecule has 6 heteroatoms. The molecule has 1 aromatic rings. The van der Waals surface area contributed by atoms with Gasteiger partial charge in [0.05, 0.1) is 5.54 Å². The maximum absolute atomic E-state index is 12.2. The van der Waals surface area contributed by atoms with Gasteiger partial charge >= 0.3 is 6.03 Å². The highest BCUT2D eigenvalue weighted by Crippen LogP contribution is 2.35. The minimum Gasteiger partial charge on any atom is -0.313 e. The van der Waals surface area contributed by atoms with Crippen LogP contribution in [-0.4, -0.2) is 16.6 Å². The SMILES string of the molecule is CCC1(c2ccc(Cl)cc2Cl)NC(=O)N(C(C)(C)C)N1. The molecule has 2 amide bonds. The van der Waals surface area contributed by atoms with Crippen molar-refractivity contribution in [1.29, 1.82) is 0 Å². The molecular weight excluding hydrogens is 297 g/mol. The molecule has 0 radical (unpaired) electrons. The number of rotatable bonds is 2. The Kier molecular flexibility index (Phi) is 3.93. The lowest BCUT2D eigenvalue weighted by Gasteiger charge is -2.34. The number of amides is 2. The van der Waals surface area contributed by atoms with Crippen LogP contribution < -0.4 is 10.7 Å². The minimum atomic E-state index is -0.702. The van der Waals surface area contributed by atoms with Crippen molar-refractivity contribution >= 4 is 29.2 Å². The van der Waals surface area contributed by atoms with Crippen molar-refractivity contribution in [3.63, 3.8) is 0 Å². The van der Waals surface area contributed by atoms with E-state index in [-0.39, 0.29) is 11.6 Å². The van der Waals surface area contributed by atoms with Crippen LogP contribution in [0.2, 0.25) is 10.0 Å². The van der Waals surface area contributed by atoms with E-state index in [1.165, 1.54) is 0 Å². The zero-order valence-corrected chi connectivity index (χ0v) is 13.6. The zero-order chi connectivity index (χ0) is 15.1. The van der Waals surface area contributed by atoms with E-state index < -0.39 is 5.66 Å². The van der Waals surface area contributed by atoms with Gasteiger partial charge in [0.25, 0.3) is 0 Å². The summed E-state index contributed by atoms with van der Waals surface area (Å²) in [5.41, 5.74) is 3.04. The summed E-state index contributed by atoms with van der Waals surface area (Å²) in [6.07, 6.45) is 0.659. The zero-order valence-electron chi connectivity index (χ0n) is 12.1. The third-order valence-electron chi connectivity index (χ3n) is 3.42. The Morgan fingerprint density at radius 1 is 1.30 bits per heavy atom. The van der Waals surface area contributed by atoms with Crippen molar-refractivity contribution in [3.05, 3.63) is 33.8 Å². The van der Waals surface area contributed by atoms with Crippen LogP contribution >= 0.6 is 23.2 Å². The summed E-state index contributed by atoms with van der Waals surface area (Å²) in [6.45, 7) is 7.89. The van der Waals surface area contributed by atoms with E-state index in [1.807, 2.05) is 33.8 Å². The molecule has 0 aromatic heterocycles. The Labute approximate surface area is 129 Å². The van der Waals surface area contributed by atoms with E-state index in [0.717, 1.165) is 5.56 Å². The van der Waals surface area contributed by atoms with Gasteiger partial charge in [0.1, 0.15) is 5.66 Å². The predicted octanol–water partition coefficient (Wildman–Crippen LogP) is 3.88. The van der Waals surface area contributed by atoms with E-state index in [0.29, 0.717) is 16.5 Å². The molecule has 1 fully saturated rings. The standard InChI is InChI=1S/C14H19Cl2N3O/c1-5-14(10-7-6-9(15)8-11(10)16)17-12(20)19(18-14)13(2,3)4/h6-8,18H,5H2,1-4H3,(H,17,20). The Morgan fingerprint density at radius 2 is 1.95 bits per heavy atom. The smallest absolute Gasteiger partial charge is 0.313 e. The molecule has 1 unspecified atom stereocenters. The van der Waals surface area contributed by atoms with Crippen LogP contribution in [-0.2, 0) is 5.66 Å². The maximum atomic E-state index is 12.2. The first-order chi connectivity index (χ1) is 9.19. The fourth-order valence-corrected chi connectivity index (χ4v) is 2.87. The maximum Gasteiger partial charge on any atom is 0.334 e. The summed E-state index contributed by atoms with van der Waals surface area (Å²) in [4.78, 5) is 12.2. The van der Waals surface area contributed by atoms with Crippen molar-refractivity contribution in [2.45, 2.75) is 45.3 Å². The van der Waals surface area contributed by atoms with Crippen molar-refractivity contribution in [1.82, 2.24) is 15.8 Å². The number of carbonyl (C=O) groups excluding carboxylic acids is 1. The lowest BCUT2D eigenvalue weighted by Crippen LogP contribution is -2.53. The van der Waals surface area contributed by atoms with Crippen LogP contribution in [0.1, 0.15) is 39.7 Å². The van der Waals surface area contributed by atoms with E-state index in [1.54, 1.807) is 17.1 Å². The summed E-state index contributed by atoms with van der Waals surface area (Å²) in [6, 6.07) is 5.13. The summed E-state index contributed by atoms with van der Waals surface area (Å²) >= 11 is 12.2. The quantitative estimate of drug-likeness (QED) is 0.869. The summed E-state index contributed by atoms with van der Waals surface area (Å²) < 4.78 is 0. The second-order valence-electron chi connectivity index (χ2n) is 5.93. The van der Waals surface area contributed by atoms with Gasteiger partial charge in [-0.2, -0.15) is 0 Å². The monoisotopic (exact) mass is 315 g/mol. The van der Waals surface area contributed by atoms with E-state index in [2.05, 4.69) is 10.7 Å². The van der Waals surface area contributed by atoms with Gasteiger partial charge < -0.3 is 5.32 Å². The van der Waals surface area contributed by atoms with Gasteiger partial charge in [0.2, 0.25) is 0 Å². The van der Waals surface area contributed by atoms with Gasteiger partial charge in [-0.15, -0.1) is 0 Å². The van der Waals surface area contributed by atoms with Gasteiger partial charge in [-0.05, 0) is 39.3 Å². The highest BCUT2D eigenvalue weighted by Gasteiger charge is 2.46. The molecule has 0 bridgehead atoms. The second kappa shape index (κ2) is 5.10. The Hall–Kier alpha value is -0.970. The molecule has 1 aliphatic heterocycles. The molecule has 2 rings (SSSR count). The lowest BCUT2D eigenvalue weighted by atomic mass is 9.97. The largest absolute Gasteiger partial charge is 0.334 e. The highest BCUT2D eigenvalue weighted by atomic mass is 35.5. The Balaban J connectivity index is 2.44. The van der Waals surface area contributed by atoms with Crippen LogP contribution in [0.3, 0.4) is 0 Å². The number of benzene rings is 1. The molecule has 1 heterocycles. The molecule has 0 aliphatic carbocycles. The van der Waals surface area contributed by atoms with Gasteiger partial charge in [-0.25, -0.2) is 10.2 Å². The van der Waals surface area contributed by atoms with Gasteiger partial charge in [0.15, 0.2) is 0 Å². The second-order valence-corrected chi connectivity index (χ2v) is 6.77. The number of hydrogen-bond acceptors (Lipinski definition) is 2. The number of nitrogens with one attached hydrogen (secondary N) is 2. The third kappa shape index (κ3) is 2.60. The molecule has 20 heavy (non-hydrogen) atoms. The highest BCUT2D eigenvalue weighted by molar-refractivity contribution is 6.35. The average Bonchev–Trinajstić information content (AvgIpc) is 2.67. The minimum absolute atomic E-state index is 0.162. The van der Waals surface area contributed by atoms with E-state index in [9.17, 15) is 4.79 Å². The van der Waals surface area contributed by atoms with Crippen molar-refractivity contribution < 1.29 is 4.79 Å². The molecule has 1 saturated heterocycles. The van der Waals surface area contributed by atoms with Gasteiger partial charge in [-0.1, -0.05) is 36.2 Å². The number of urea groups is 1. The normalized spacial score (nSPS) is 23.1. The fourth-order valence-electron chi connectivity index (χ4n) is 2.30. The molecule has 1 atom stereocenters. The van der Waals surface area contributed by atoms with Crippen molar-refractivity contribution in [2.24, 2.45) is 0 Å². The van der Waals surface area contributed by atoms with Crippen LogP contribution in [0.5, 0.6) is 0 Å². The van der Waals surface area contributed by atoms with Crippen molar-refractivity contribution in [3.8, 4) is 0 Å². The summed E-state index contributed by atoms with van der Waals surface area (Å²) in [5.74, 6) is 0. The first-order valence-corrected chi connectivity index (χ1v) is 7.31. The first kappa shape index (κ1) is 15.4. The van der Waals surface area contributed by atoms with Crippen LogP contribution in [0.25, 0.3) is 0 Å². The van der Waals surface area contributed by atoms with E-state index in [4.69, 9.17) is 23.2 Å². The molecule has 0 saturated carbocycles. The first-order valence-electron chi connectivity index (χ1n) is 6.55. The predicted molar refractivity (Wildman–Crippen MR) is 81.7 cm³/mol. The summed E-state index contributed by atoms with van der Waals surface area (Å²) in [7, 11) is 0. The molecule has 2 N–H and O–H groups in total. The fraction of sp³-hybridized carbons (Fsp3) is 0.500. The number of nitrogens with zero attached hydrogens (tertiary/aromatic N) is 1. The molecule has 4 nitrogen and oxygen atoms in total. The number of hydrazine groups is 1. The third-order valence-corrected chi connectivity index (χ3v) is 3.97. The molecule has 1 aromatic carbocycles.